The quantitative estimate of drug-likeness (QED) is 0.0806. The van der Waals surface area contributed by atoms with Crippen LogP contribution in [0.4, 0.5) is 0 Å². The van der Waals surface area contributed by atoms with Crippen LogP contribution < -0.4 is 19.5 Å². The zero-order valence-electron chi connectivity index (χ0n) is 31.3. The number of nitrogens with zero attached hydrogens (tertiary/aromatic N) is 3. The summed E-state index contributed by atoms with van der Waals surface area (Å²) in [6.07, 6.45) is 5.48. The number of carboxylic acids is 2. The lowest BCUT2D eigenvalue weighted by molar-refractivity contribution is -0.146. The van der Waals surface area contributed by atoms with Gasteiger partial charge < -0.3 is 34.4 Å². The molecule has 12 nitrogen and oxygen atoms in total. The number of carboxylic acid groups (broad SMARTS) is 2. The molecule has 0 radical (unpaired) electrons. The predicted molar refractivity (Wildman–Crippen MR) is 207 cm³/mol. The van der Waals surface area contributed by atoms with Crippen molar-refractivity contribution in [3.8, 4) is 34.4 Å². The molecular formula is C42H47ClN4O8. The molecule has 5 rings (SSSR count). The lowest BCUT2D eigenvalue weighted by Gasteiger charge is -2.30. The maximum absolute atomic E-state index is 11.8. The molecule has 0 saturated carbocycles. The number of piperidine rings is 1. The number of halogens is 1. The SMILES string of the molecule is Cc1c(COc2cc(OCc3cncc(C#N)c3)c(CNC(C)(CO)C(=O)O)cc2Cl)cccc1-c1cccc(OCCCN2CCC[C@@H](C(=O)O)C2)c1C. The number of pyridine rings is 1. The molecule has 1 unspecified atom stereocenters. The number of carbonyl (C=O) groups is 2. The van der Waals surface area contributed by atoms with Crippen molar-refractivity contribution in [2.75, 3.05) is 32.8 Å². The van der Waals surface area contributed by atoms with Crippen LogP contribution in [0.2, 0.25) is 5.02 Å². The van der Waals surface area contributed by atoms with Crippen LogP contribution in [-0.2, 0) is 29.3 Å². The van der Waals surface area contributed by atoms with Crippen LogP contribution in [0.1, 0.15) is 59.6 Å². The molecule has 3 aromatic carbocycles. The van der Waals surface area contributed by atoms with Gasteiger partial charge in [-0.1, -0.05) is 41.9 Å². The molecule has 0 spiro atoms. The first-order chi connectivity index (χ1) is 26.4. The summed E-state index contributed by atoms with van der Waals surface area (Å²) in [7, 11) is 0. The Morgan fingerprint density at radius 2 is 1.73 bits per heavy atom. The van der Waals surface area contributed by atoms with Crippen molar-refractivity contribution in [1.29, 1.82) is 5.26 Å². The van der Waals surface area contributed by atoms with Crippen LogP contribution in [-0.4, -0.2) is 75.5 Å². The van der Waals surface area contributed by atoms with Gasteiger partial charge in [0.25, 0.3) is 0 Å². The Balaban J connectivity index is 1.29. The van der Waals surface area contributed by atoms with E-state index in [0.29, 0.717) is 41.3 Å². The van der Waals surface area contributed by atoms with E-state index in [-0.39, 0.29) is 30.7 Å². The summed E-state index contributed by atoms with van der Waals surface area (Å²) in [5.74, 6) is -0.702. The average molecular weight is 771 g/mol. The molecular weight excluding hydrogens is 724 g/mol. The average Bonchev–Trinajstić information content (AvgIpc) is 3.19. The third-order valence-electron chi connectivity index (χ3n) is 10.0. The number of nitriles is 1. The van der Waals surface area contributed by atoms with E-state index in [1.165, 1.54) is 13.1 Å². The molecule has 1 saturated heterocycles. The van der Waals surface area contributed by atoms with Gasteiger partial charge in [0, 0.05) is 49.2 Å². The first-order valence-corrected chi connectivity index (χ1v) is 18.6. The summed E-state index contributed by atoms with van der Waals surface area (Å²) in [5, 5.41) is 41.3. The number of benzene rings is 3. The van der Waals surface area contributed by atoms with E-state index in [9.17, 15) is 30.2 Å². The lowest BCUT2D eigenvalue weighted by Crippen LogP contribution is -2.52. The fourth-order valence-electron chi connectivity index (χ4n) is 6.52. The van der Waals surface area contributed by atoms with Crippen molar-refractivity contribution in [3.63, 3.8) is 0 Å². The number of nitrogens with one attached hydrogen (secondary N) is 1. The minimum Gasteiger partial charge on any atom is -0.493 e. The number of ether oxygens (including phenoxy) is 3. The molecule has 1 fully saturated rings. The van der Waals surface area contributed by atoms with Gasteiger partial charge in [0.2, 0.25) is 0 Å². The van der Waals surface area contributed by atoms with Gasteiger partial charge in [-0.2, -0.15) is 5.26 Å². The number of aromatic nitrogens is 1. The van der Waals surface area contributed by atoms with Crippen molar-refractivity contribution in [3.05, 3.63) is 105 Å². The summed E-state index contributed by atoms with van der Waals surface area (Å²) in [6, 6.07) is 19.1. The third-order valence-corrected chi connectivity index (χ3v) is 10.3. The molecule has 0 aliphatic carbocycles. The first-order valence-electron chi connectivity index (χ1n) is 18.2. The Labute approximate surface area is 326 Å². The molecule has 290 valence electrons. The van der Waals surface area contributed by atoms with Crippen LogP contribution in [0.5, 0.6) is 17.2 Å². The Bertz CT molecular complexity index is 2040. The number of hydrogen-bond donors (Lipinski definition) is 4. The number of aliphatic hydroxyl groups is 1. The Kier molecular flexibility index (Phi) is 14.1. The summed E-state index contributed by atoms with van der Waals surface area (Å²) < 4.78 is 18.7. The minimum atomic E-state index is -1.60. The van der Waals surface area contributed by atoms with E-state index in [0.717, 1.165) is 65.9 Å². The lowest BCUT2D eigenvalue weighted by atomic mass is 9.93. The second-order valence-electron chi connectivity index (χ2n) is 14.0. The van der Waals surface area contributed by atoms with Crippen LogP contribution in [0.3, 0.4) is 0 Å². The maximum atomic E-state index is 11.8. The van der Waals surface area contributed by atoms with Gasteiger partial charge >= 0.3 is 11.9 Å². The summed E-state index contributed by atoms with van der Waals surface area (Å²) in [4.78, 5) is 29.6. The monoisotopic (exact) mass is 770 g/mol. The third kappa shape index (κ3) is 10.5. The molecule has 2 heterocycles. The highest BCUT2D eigenvalue weighted by molar-refractivity contribution is 6.32. The molecule has 1 aliphatic rings. The smallest absolute Gasteiger partial charge is 0.326 e. The zero-order chi connectivity index (χ0) is 39.5. The molecule has 0 amide bonds. The number of aliphatic carboxylic acids is 2. The highest BCUT2D eigenvalue weighted by Crippen LogP contribution is 2.36. The van der Waals surface area contributed by atoms with Crippen LogP contribution in [0.15, 0.2) is 67.0 Å². The normalized spacial score (nSPS) is 15.5. The van der Waals surface area contributed by atoms with E-state index >= 15 is 0 Å². The number of hydrogen-bond acceptors (Lipinski definition) is 10. The molecule has 55 heavy (non-hydrogen) atoms. The van der Waals surface area contributed by atoms with Crippen LogP contribution >= 0.6 is 11.6 Å². The van der Waals surface area contributed by atoms with Gasteiger partial charge in [0.05, 0.1) is 29.7 Å². The van der Waals surface area contributed by atoms with Crippen molar-refractivity contribution < 1.29 is 39.1 Å². The molecule has 4 N–H and O–H groups in total. The Hall–Kier alpha value is -5.19. The van der Waals surface area contributed by atoms with Gasteiger partial charge in [-0.05, 0) is 92.6 Å². The van der Waals surface area contributed by atoms with Crippen molar-refractivity contribution in [2.45, 2.75) is 65.3 Å². The van der Waals surface area contributed by atoms with E-state index in [4.69, 9.17) is 25.8 Å². The molecule has 1 aromatic heterocycles. The molecule has 0 bridgehead atoms. The summed E-state index contributed by atoms with van der Waals surface area (Å²) >= 11 is 6.73. The topological polar surface area (TPSA) is 174 Å². The van der Waals surface area contributed by atoms with E-state index < -0.39 is 24.1 Å². The second kappa shape index (κ2) is 18.9. The van der Waals surface area contributed by atoms with E-state index in [1.54, 1.807) is 24.4 Å². The van der Waals surface area contributed by atoms with Gasteiger partial charge in [0.1, 0.15) is 42.1 Å². The maximum Gasteiger partial charge on any atom is 0.326 e. The number of likely N-dealkylation sites (tertiary alicyclic amines) is 1. The van der Waals surface area contributed by atoms with Crippen LogP contribution in [0.25, 0.3) is 11.1 Å². The molecule has 1 aliphatic heterocycles. The Morgan fingerprint density at radius 1 is 0.982 bits per heavy atom. The van der Waals surface area contributed by atoms with Gasteiger partial charge in [0.15, 0.2) is 0 Å². The summed E-state index contributed by atoms with van der Waals surface area (Å²) in [6.45, 7) is 7.93. The zero-order valence-corrected chi connectivity index (χ0v) is 32.1. The Morgan fingerprint density at radius 3 is 2.45 bits per heavy atom. The summed E-state index contributed by atoms with van der Waals surface area (Å²) in [5.41, 5.74) is 5.03. The molecule has 13 heteroatoms. The van der Waals surface area contributed by atoms with Crippen molar-refractivity contribution in [2.24, 2.45) is 5.92 Å². The van der Waals surface area contributed by atoms with Gasteiger partial charge in [-0.3, -0.25) is 19.9 Å². The molecule has 2 atom stereocenters. The largest absolute Gasteiger partial charge is 0.493 e. The minimum absolute atomic E-state index is 0.0180. The second-order valence-corrected chi connectivity index (χ2v) is 14.4. The highest BCUT2D eigenvalue weighted by atomic mass is 35.5. The van der Waals surface area contributed by atoms with Gasteiger partial charge in [-0.15, -0.1) is 0 Å². The standard InChI is InChI=1S/C42H47ClN4O8/c1-27-32(8-4-10-34(27)35-11-5-12-37(28(35)2)53-15-7-14-47-13-6-9-31(23-47)40(49)50)25-55-39-18-38(54-24-30-16-29(19-44)20-45-21-30)33(17-36(39)43)22-46-42(3,26-48)41(51)52/h4-5,8,10-12,16-18,20-21,31,46,48H,6-7,9,13-15,22-26H2,1-3H3,(H,49,50)(H,51,52)/t31-,42?/m1/s1. The highest BCUT2D eigenvalue weighted by Gasteiger charge is 2.32. The van der Waals surface area contributed by atoms with Gasteiger partial charge in [-0.25, -0.2) is 0 Å². The van der Waals surface area contributed by atoms with E-state index in [2.05, 4.69) is 33.4 Å². The first kappa shape index (κ1) is 41.0. The number of rotatable bonds is 18. The van der Waals surface area contributed by atoms with Crippen LogP contribution in [0, 0.1) is 31.1 Å². The fraction of sp³-hybridized carbons (Fsp3) is 0.381. The predicted octanol–water partition coefficient (Wildman–Crippen LogP) is 6.54. The van der Waals surface area contributed by atoms with Crippen molar-refractivity contribution in [1.82, 2.24) is 15.2 Å². The van der Waals surface area contributed by atoms with E-state index in [1.807, 2.05) is 38.1 Å². The fourth-order valence-corrected chi connectivity index (χ4v) is 6.76. The molecule has 4 aromatic rings. The number of aliphatic hydroxyl groups excluding tert-OH is 1. The van der Waals surface area contributed by atoms with Crippen molar-refractivity contribution >= 4 is 23.5 Å².